The van der Waals surface area contributed by atoms with E-state index in [1.165, 1.54) is 0 Å². The van der Waals surface area contributed by atoms with Gasteiger partial charge >= 0.3 is 6.03 Å². The first-order valence-corrected chi connectivity index (χ1v) is 7.89. The molecule has 0 fully saturated rings. The molecule has 1 aromatic heterocycles. The van der Waals surface area contributed by atoms with Crippen LogP contribution in [0.5, 0.6) is 0 Å². The van der Waals surface area contributed by atoms with Crippen LogP contribution in [-0.2, 0) is 0 Å². The van der Waals surface area contributed by atoms with Crippen molar-refractivity contribution in [1.29, 1.82) is 0 Å². The van der Waals surface area contributed by atoms with Gasteiger partial charge in [0.2, 0.25) is 0 Å². The smallest absolute Gasteiger partial charge is 0.319 e. The normalized spacial score (nSPS) is 14.0. The van der Waals surface area contributed by atoms with E-state index >= 15 is 0 Å². The van der Waals surface area contributed by atoms with Crippen LogP contribution in [0.15, 0.2) is 22.6 Å². The number of carbonyl (C=O) groups is 1. The van der Waals surface area contributed by atoms with E-state index in [9.17, 15) is 9.90 Å². The fourth-order valence-electron chi connectivity index (χ4n) is 2.25. The standard InChI is InChI=1S/C17H25N3O3/c1-11(2)7-8-17(4,22)10-18-16(21)20-13-5-6-14-15(9-13)23-12(3)19-14/h5-6,9,11,22H,7-8,10H2,1-4H3,(H2,18,20,21). The van der Waals surface area contributed by atoms with Crippen molar-refractivity contribution in [3.63, 3.8) is 0 Å². The third-order valence-corrected chi connectivity index (χ3v) is 3.64. The van der Waals surface area contributed by atoms with Gasteiger partial charge in [0.05, 0.1) is 5.60 Å². The van der Waals surface area contributed by atoms with Crippen molar-refractivity contribution >= 4 is 22.8 Å². The number of aliphatic hydroxyl groups is 1. The number of rotatable bonds is 6. The van der Waals surface area contributed by atoms with E-state index in [4.69, 9.17) is 4.42 Å². The number of benzene rings is 1. The average Bonchev–Trinajstić information content (AvgIpc) is 2.83. The molecule has 1 atom stereocenters. The van der Waals surface area contributed by atoms with Crippen LogP contribution < -0.4 is 10.6 Å². The molecule has 0 aliphatic carbocycles. The summed E-state index contributed by atoms with van der Waals surface area (Å²) in [6, 6.07) is 4.93. The molecule has 2 amide bonds. The molecule has 23 heavy (non-hydrogen) atoms. The Morgan fingerprint density at radius 2 is 2.17 bits per heavy atom. The summed E-state index contributed by atoms with van der Waals surface area (Å²) < 4.78 is 5.44. The Labute approximate surface area is 136 Å². The molecule has 1 unspecified atom stereocenters. The quantitative estimate of drug-likeness (QED) is 0.761. The lowest BCUT2D eigenvalue weighted by Crippen LogP contribution is -2.42. The number of carbonyl (C=O) groups excluding carboxylic acids is 1. The number of nitrogens with one attached hydrogen (secondary N) is 2. The van der Waals surface area contributed by atoms with Gasteiger partial charge in [-0.25, -0.2) is 9.78 Å². The molecule has 6 heteroatoms. The number of nitrogens with zero attached hydrogens (tertiary/aromatic N) is 1. The number of fused-ring (bicyclic) bond motifs is 1. The van der Waals surface area contributed by atoms with Crippen LogP contribution >= 0.6 is 0 Å². The van der Waals surface area contributed by atoms with Crippen molar-refractivity contribution in [2.24, 2.45) is 5.92 Å². The number of hydrogen-bond donors (Lipinski definition) is 3. The van der Waals surface area contributed by atoms with Crippen LogP contribution in [0.3, 0.4) is 0 Å². The minimum atomic E-state index is -0.909. The zero-order valence-corrected chi connectivity index (χ0v) is 14.1. The van der Waals surface area contributed by atoms with Crippen LogP contribution in [-0.4, -0.2) is 28.3 Å². The summed E-state index contributed by atoms with van der Waals surface area (Å²) in [4.78, 5) is 16.2. The molecule has 2 rings (SSSR count). The molecule has 6 nitrogen and oxygen atoms in total. The topological polar surface area (TPSA) is 87.4 Å². The van der Waals surface area contributed by atoms with E-state index in [-0.39, 0.29) is 12.6 Å². The lowest BCUT2D eigenvalue weighted by Gasteiger charge is -2.24. The molecular weight excluding hydrogens is 294 g/mol. The van der Waals surface area contributed by atoms with Gasteiger partial charge in [-0.1, -0.05) is 13.8 Å². The van der Waals surface area contributed by atoms with Gasteiger partial charge in [-0.2, -0.15) is 0 Å². The van der Waals surface area contributed by atoms with Crippen molar-refractivity contribution in [2.75, 3.05) is 11.9 Å². The van der Waals surface area contributed by atoms with Gasteiger partial charge in [-0.05, 0) is 37.8 Å². The maximum Gasteiger partial charge on any atom is 0.319 e. The predicted octanol–water partition coefficient (Wildman–Crippen LogP) is 3.44. The zero-order chi connectivity index (χ0) is 17.0. The van der Waals surface area contributed by atoms with Crippen molar-refractivity contribution in [3.05, 3.63) is 24.1 Å². The Morgan fingerprint density at radius 1 is 1.43 bits per heavy atom. The highest BCUT2D eigenvalue weighted by Gasteiger charge is 2.21. The second kappa shape index (κ2) is 7.00. The summed E-state index contributed by atoms with van der Waals surface area (Å²) in [5.74, 6) is 1.11. The third kappa shape index (κ3) is 5.25. The number of amides is 2. The fraction of sp³-hybridized carbons (Fsp3) is 0.529. The summed E-state index contributed by atoms with van der Waals surface area (Å²) >= 11 is 0. The maximum absolute atomic E-state index is 12.0. The van der Waals surface area contributed by atoms with Crippen molar-refractivity contribution < 1.29 is 14.3 Å². The SMILES string of the molecule is Cc1nc2ccc(NC(=O)NCC(C)(O)CCC(C)C)cc2o1. The van der Waals surface area contributed by atoms with Gasteiger partial charge in [0, 0.05) is 25.2 Å². The average molecular weight is 319 g/mol. The second-order valence-corrected chi connectivity index (χ2v) is 6.65. The van der Waals surface area contributed by atoms with Crippen LogP contribution in [0.25, 0.3) is 11.1 Å². The lowest BCUT2D eigenvalue weighted by molar-refractivity contribution is 0.0481. The lowest BCUT2D eigenvalue weighted by atomic mass is 9.95. The van der Waals surface area contributed by atoms with E-state index in [0.717, 1.165) is 11.9 Å². The highest BCUT2D eigenvalue weighted by Crippen LogP contribution is 2.20. The molecule has 3 N–H and O–H groups in total. The van der Waals surface area contributed by atoms with Crippen LogP contribution in [0, 0.1) is 12.8 Å². The number of anilines is 1. The Balaban J connectivity index is 1.88. The molecule has 0 radical (unpaired) electrons. The molecule has 1 aromatic carbocycles. The van der Waals surface area contributed by atoms with E-state index in [1.807, 2.05) is 0 Å². The first kappa shape index (κ1) is 17.3. The summed E-state index contributed by atoms with van der Waals surface area (Å²) in [6.07, 6.45) is 1.56. The first-order chi connectivity index (χ1) is 10.7. The van der Waals surface area contributed by atoms with Gasteiger partial charge in [0.1, 0.15) is 5.52 Å². The molecule has 1 heterocycles. The third-order valence-electron chi connectivity index (χ3n) is 3.64. The van der Waals surface area contributed by atoms with E-state index < -0.39 is 5.60 Å². The zero-order valence-electron chi connectivity index (χ0n) is 14.1. The fourth-order valence-corrected chi connectivity index (χ4v) is 2.25. The van der Waals surface area contributed by atoms with Gasteiger partial charge in [-0.15, -0.1) is 0 Å². The van der Waals surface area contributed by atoms with Crippen LogP contribution in [0.1, 0.15) is 39.5 Å². The molecule has 126 valence electrons. The summed E-state index contributed by atoms with van der Waals surface area (Å²) in [6.45, 7) is 7.93. The minimum absolute atomic E-state index is 0.204. The Bertz CT molecular complexity index is 677. The van der Waals surface area contributed by atoms with Crippen molar-refractivity contribution in [3.8, 4) is 0 Å². The summed E-state index contributed by atoms with van der Waals surface area (Å²) in [5, 5.41) is 15.7. The van der Waals surface area contributed by atoms with Crippen LogP contribution in [0.4, 0.5) is 10.5 Å². The van der Waals surface area contributed by atoms with Crippen LogP contribution in [0.2, 0.25) is 0 Å². The molecule has 0 saturated carbocycles. The van der Waals surface area contributed by atoms with E-state index in [2.05, 4.69) is 29.5 Å². The number of urea groups is 1. The first-order valence-electron chi connectivity index (χ1n) is 7.89. The Morgan fingerprint density at radius 3 is 2.87 bits per heavy atom. The largest absolute Gasteiger partial charge is 0.441 e. The number of aromatic nitrogens is 1. The highest BCUT2D eigenvalue weighted by molar-refractivity contribution is 5.91. The molecule has 2 aromatic rings. The van der Waals surface area contributed by atoms with E-state index in [0.29, 0.717) is 29.5 Å². The summed E-state index contributed by atoms with van der Waals surface area (Å²) in [5.41, 5.74) is 1.09. The molecule has 0 bridgehead atoms. The minimum Gasteiger partial charge on any atom is -0.441 e. The molecule has 0 aliphatic heterocycles. The molecule has 0 saturated heterocycles. The van der Waals surface area contributed by atoms with Crippen molar-refractivity contribution in [1.82, 2.24) is 10.3 Å². The van der Waals surface area contributed by atoms with Gasteiger partial charge in [0.25, 0.3) is 0 Å². The summed E-state index contributed by atoms with van der Waals surface area (Å²) in [7, 11) is 0. The second-order valence-electron chi connectivity index (χ2n) is 6.65. The maximum atomic E-state index is 12.0. The molecule has 0 aliphatic rings. The Hall–Kier alpha value is -2.08. The predicted molar refractivity (Wildman–Crippen MR) is 90.5 cm³/mol. The molecule has 0 spiro atoms. The monoisotopic (exact) mass is 319 g/mol. The molecular formula is C17H25N3O3. The van der Waals surface area contributed by atoms with E-state index in [1.54, 1.807) is 32.0 Å². The van der Waals surface area contributed by atoms with Gasteiger partial charge < -0.3 is 20.2 Å². The highest BCUT2D eigenvalue weighted by atomic mass is 16.3. The number of hydrogen-bond acceptors (Lipinski definition) is 4. The Kier molecular flexibility index (Phi) is 5.26. The number of oxazole rings is 1. The van der Waals surface area contributed by atoms with Gasteiger partial charge in [-0.3, -0.25) is 0 Å². The van der Waals surface area contributed by atoms with Crippen molar-refractivity contribution in [2.45, 2.75) is 46.1 Å². The number of aryl methyl sites for hydroxylation is 1. The van der Waals surface area contributed by atoms with Gasteiger partial charge in [0.15, 0.2) is 11.5 Å².